The Hall–Kier alpha value is -4.35. The van der Waals surface area contributed by atoms with Crippen molar-refractivity contribution < 1.29 is 9.53 Å². The van der Waals surface area contributed by atoms with Crippen LogP contribution in [0.15, 0.2) is 109 Å². The van der Waals surface area contributed by atoms with E-state index in [1.54, 1.807) is 0 Å². The lowest BCUT2D eigenvalue weighted by Crippen LogP contribution is -2.30. The number of nitrogens with zero attached hydrogens (tertiary/aromatic N) is 2. The van der Waals surface area contributed by atoms with Gasteiger partial charge < -0.3 is 19.5 Å². The minimum Gasteiger partial charge on any atom is -0.489 e. The minimum atomic E-state index is -0.121. The molecule has 0 radical (unpaired) electrons. The Balaban J connectivity index is 1.44. The third-order valence-corrected chi connectivity index (χ3v) is 8.48. The molecule has 4 aromatic carbocycles. The van der Waals surface area contributed by atoms with E-state index in [0.29, 0.717) is 13.2 Å². The van der Waals surface area contributed by atoms with Gasteiger partial charge in [0.2, 0.25) is 0 Å². The summed E-state index contributed by atoms with van der Waals surface area (Å²) in [5.74, 6) is 0.705. The number of nitrogens with one attached hydrogen (secondary N) is 1. The lowest BCUT2D eigenvalue weighted by Gasteiger charge is -2.22. The molecule has 0 bridgehead atoms. The van der Waals surface area contributed by atoms with Crippen molar-refractivity contribution in [1.29, 1.82) is 0 Å². The van der Waals surface area contributed by atoms with Crippen LogP contribution in [0.25, 0.3) is 10.9 Å². The topological polar surface area (TPSA) is 46.5 Å². The molecule has 6 rings (SSSR count). The van der Waals surface area contributed by atoms with E-state index in [-0.39, 0.29) is 11.8 Å². The van der Waals surface area contributed by atoms with Crippen molar-refractivity contribution in [3.05, 3.63) is 137 Å². The molecule has 1 N–H and O–H groups in total. The van der Waals surface area contributed by atoms with Gasteiger partial charge in [-0.2, -0.15) is 0 Å². The second-order valence-corrected chi connectivity index (χ2v) is 11.4. The highest BCUT2D eigenvalue weighted by Crippen LogP contribution is 2.40. The third-order valence-electron chi connectivity index (χ3n) is 8.48. The van der Waals surface area contributed by atoms with Crippen molar-refractivity contribution in [3.8, 4) is 5.75 Å². The van der Waals surface area contributed by atoms with Gasteiger partial charge >= 0.3 is 0 Å². The molecule has 0 aliphatic carbocycles. The molecule has 0 spiro atoms. The van der Waals surface area contributed by atoms with Crippen LogP contribution >= 0.6 is 0 Å². The van der Waals surface area contributed by atoms with Gasteiger partial charge in [-0.15, -0.1) is 0 Å². The molecule has 1 aliphatic heterocycles. The summed E-state index contributed by atoms with van der Waals surface area (Å²) in [5.41, 5.74) is 6.37. The van der Waals surface area contributed by atoms with Gasteiger partial charge in [0.05, 0.1) is 0 Å². The fourth-order valence-electron chi connectivity index (χ4n) is 6.34. The number of rotatable bonds is 12. The van der Waals surface area contributed by atoms with Crippen molar-refractivity contribution in [2.45, 2.75) is 45.3 Å². The first-order chi connectivity index (χ1) is 21.2. The zero-order chi connectivity index (χ0) is 29.4. The molecule has 2 heterocycles. The Kier molecular flexibility index (Phi) is 9.19. The summed E-state index contributed by atoms with van der Waals surface area (Å²) in [6.07, 6.45) is 3.40. The van der Waals surface area contributed by atoms with Gasteiger partial charge in [-0.25, -0.2) is 0 Å². The molecule has 5 nitrogen and oxygen atoms in total. The van der Waals surface area contributed by atoms with Gasteiger partial charge in [-0.05, 0) is 67.2 Å². The molecule has 1 aliphatic rings. The average Bonchev–Trinajstić information content (AvgIpc) is 3.70. The van der Waals surface area contributed by atoms with E-state index in [1.165, 1.54) is 12.8 Å². The van der Waals surface area contributed by atoms with E-state index >= 15 is 0 Å². The van der Waals surface area contributed by atoms with Crippen molar-refractivity contribution >= 4 is 16.8 Å². The highest BCUT2D eigenvalue weighted by molar-refractivity contribution is 6.02. The van der Waals surface area contributed by atoms with Gasteiger partial charge in [0, 0.05) is 42.0 Å². The Labute approximate surface area is 255 Å². The van der Waals surface area contributed by atoms with Crippen molar-refractivity contribution in [2.75, 3.05) is 26.2 Å². The fraction of sp³-hybridized carbons (Fsp3) is 0.289. The van der Waals surface area contributed by atoms with Gasteiger partial charge in [0.1, 0.15) is 18.1 Å². The van der Waals surface area contributed by atoms with Crippen molar-refractivity contribution in [1.82, 2.24) is 14.8 Å². The summed E-state index contributed by atoms with van der Waals surface area (Å²) in [5, 5.41) is 4.35. The Morgan fingerprint density at radius 1 is 0.791 bits per heavy atom. The fourth-order valence-corrected chi connectivity index (χ4v) is 6.34. The molecule has 1 aromatic heterocycles. The summed E-state index contributed by atoms with van der Waals surface area (Å²) in [6.45, 7) is 7.25. The monoisotopic (exact) mass is 571 g/mol. The molecule has 1 unspecified atom stereocenters. The average molecular weight is 572 g/mol. The predicted molar refractivity (Wildman–Crippen MR) is 175 cm³/mol. The van der Waals surface area contributed by atoms with E-state index in [1.807, 2.05) is 18.2 Å². The van der Waals surface area contributed by atoms with Crippen LogP contribution in [0.1, 0.15) is 64.8 Å². The highest BCUT2D eigenvalue weighted by atomic mass is 16.5. The number of likely N-dealkylation sites (tertiary alicyclic amines) is 1. The SMILES string of the molecule is CCCNC(=O)c1c(C(c2ccccc2)c2ccc(OCc3ccccc3)cc2)c2ccccc2n1CCN1CCCC1. The molecule has 1 amide bonds. The smallest absolute Gasteiger partial charge is 0.268 e. The largest absolute Gasteiger partial charge is 0.489 e. The predicted octanol–water partition coefficient (Wildman–Crippen LogP) is 7.64. The molecule has 1 atom stereocenters. The van der Waals surface area contributed by atoms with Gasteiger partial charge in [0.25, 0.3) is 5.91 Å². The summed E-state index contributed by atoms with van der Waals surface area (Å²) in [6, 6.07) is 37.7. The van der Waals surface area contributed by atoms with Crippen LogP contribution in [0.5, 0.6) is 5.75 Å². The number of fused-ring (bicyclic) bond motifs is 1. The maximum absolute atomic E-state index is 14.1. The highest BCUT2D eigenvalue weighted by Gasteiger charge is 2.30. The third kappa shape index (κ3) is 6.52. The second kappa shape index (κ2) is 13.7. The Morgan fingerprint density at radius 2 is 1.44 bits per heavy atom. The minimum absolute atomic E-state index is 0.00165. The summed E-state index contributed by atoms with van der Waals surface area (Å²) in [4.78, 5) is 16.6. The second-order valence-electron chi connectivity index (χ2n) is 11.4. The van der Waals surface area contributed by atoms with Crippen LogP contribution in [0.3, 0.4) is 0 Å². The number of carbonyl (C=O) groups excluding carboxylic acids is 1. The van der Waals surface area contributed by atoms with E-state index in [2.05, 4.69) is 113 Å². The van der Waals surface area contributed by atoms with E-state index in [4.69, 9.17) is 4.74 Å². The van der Waals surface area contributed by atoms with Crippen molar-refractivity contribution in [3.63, 3.8) is 0 Å². The van der Waals surface area contributed by atoms with Crippen LogP contribution in [-0.4, -0.2) is 41.6 Å². The van der Waals surface area contributed by atoms with Gasteiger partial charge in [-0.1, -0.05) is 97.9 Å². The summed E-state index contributed by atoms with van der Waals surface area (Å²) >= 11 is 0. The maximum atomic E-state index is 14.1. The molecule has 5 heteroatoms. The van der Waals surface area contributed by atoms with Gasteiger partial charge in [0.15, 0.2) is 0 Å². The molecule has 5 aromatic rings. The first kappa shape index (κ1) is 28.8. The van der Waals surface area contributed by atoms with Crippen molar-refractivity contribution in [2.24, 2.45) is 0 Å². The lowest BCUT2D eigenvalue weighted by atomic mass is 9.83. The number of hydrogen-bond acceptors (Lipinski definition) is 3. The molecular formula is C38H41N3O2. The molecule has 220 valence electrons. The van der Waals surface area contributed by atoms with E-state index in [0.717, 1.165) is 77.2 Å². The number of amides is 1. The first-order valence-electron chi connectivity index (χ1n) is 15.7. The normalized spacial score (nSPS) is 14.2. The number of hydrogen-bond donors (Lipinski definition) is 1. The molecular weight excluding hydrogens is 530 g/mol. The lowest BCUT2D eigenvalue weighted by molar-refractivity contribution is 0.0943. The zero-order valence-corrected chi connectivity index (χ0v) is 25.0. The van der Waals surface area contributed by atoms with Crippen LogP contribution in [0.2, 0.25) is 0 Å². The van der Waals surface area contributed by atoms with Gasteiger partial charge in [-0.3, -0.25) is 4.79 Å². The quantitative estimate of drug-likeness (QED) is 0.167. The Bertz CT molecular complexity index is 1620. The molecule has 1 fully saturated rings. The standard InChI is InChI=1S/C38H41N3O2/c1-2-23-39-38(42)37-36(33-17-9-10-18-34(33)41(37)27-26-40-24-11-12-25-40)35(30-15-7-4-8-16-30)31-19-21-32(22-20-31)43-28-29-13-5-3-6-14-29/h3-10,13-22,35H,2,11-12,23-28H2,1H3,(H,39,42). The molecule has 43 heavy (non-hydrogen) atoms. The zero-order valence-electron chi connectivity index (χ0n) is 25.0. The molecule has 0 saturated carbocycles. The van der Waals surface area contributed by atoms with Crippen LogP contribution in [0, 0.1) is 0 Å². The Morgan fingerprint density at radius 3 is 2.16 bits per heavy atom. The number of benzene rings is 4. The number of carbonyl (C=O) groups is 1. The van der Waals surface area contributed by atoms with E-state index in [9.17, 15) is 4.79 Å². The maximum Gasteiger partial charge on any atom is 0.268 e. The summed E-state index contributed by atoms with van der Waals surface area (Å²) < 4.78 is 8.41. The first-order valence-corrected chi connectivity index (χ1v) is 15.7. The van der Waals surface area contributed by atoms with Crippen LogP contribution in [-0.2, 0) is 13.2 Å². The van der Waals surface area contributed by atoms with Crippen LogP contribution in [0.4, 0.5) is 0 Å². The number of aromatic nitrogens is 1. The number of ether oxygens (including phenoxy) is 1. The summed E-state index contributed by atoms with van der Waals surface area (Å²) in [7, 11) is 0. The number of para-hydroxylation sites is 1. The molecule has 1 saturated heterocycles. The van der Waals surface area contributed by atoms with E-state index < -0.39 is 0 Å². The van der Waals surface area contributed by atoms with Crippen LogP contribution < -0.4 is 10.1 Å².